The monoisotopic (exact) mass is 304 g/mol. The molecule has 2 atom stereocenters. The predicted octanol–water partition coefficient (Wildman–Crippen LogP) is 1.70. The van der Waals surface area contributed by atoms with Crippen molar-refractivity contribution in [3.05, 3.63) is 36.0 Å². The number of aromatic amines is 1. The fourth-order valence-corrected chi connectivity index (χ4v) is 2.34. The van der Waals surface area contributed by atoms with Crippen LogP contribution in [0.25, 0.3) is 10.9 Å². The Morgan fingerprint density at radius 2 is 2.09 bits per heavy atom. The van der Waals surface area contributed by atoms with Crippen LogP contribution in [0.1, 0.15) is 19.4 Å². The number of carboxylic acid groups (broad SMARTS) is 1. The molecule has 1 aromatic carbocycles. The molecule has 3 N–H and O–H groups in total. The fraction of sp³-hybridized carbons (Fsp3) is 0.375. The zero-order valence-electron chi connectivity index (χ0n) is 12.6. The number of carbonyl (C=O) groups is 2. The summed E-state index contributed by atoms with van der Waals surface area (Å²) in [7, 11) is 0. The fourth-order valence-electron chi connectivity index (χ4n) is 2.34. The number of H-pyrrole nitrogens is 1. The van der Waals surface area contributed by atoms with Gasteiger partial charge in [0.2, 0.25) is 5.91 Å². The van der Waals surface area contributed by atoms with Crippen molar-refractivity contribution in [2.45, 2.75) is 32.4 Å². The average molecular weight is 304 g/mol. The first-order valence-electron chi connectivity index (χ1n) is 7.22. The summed E-state index contributed by atoms with van der Waals surface area (Å²) >= 11 is 0. The van der Waals surface area contributed by atoms with Crippen molar-refractivity contribution in [3.8, 4) is 0 Å². The molecule has 22 heavy (non-hydrogen) atoms. The molecule has 2 rings (SSSR count). The van der Waals surface area contributed by atoms with Gasteiger partial charge in [0.1, 0.15) is 12.1 Å². The molecule has 0 aliphatic heterocycles. The van der Waals surface area contributed by atoms with E-state index in [1.54, 1.807) is 20.0 Å². The van der Waals surface area contributed by atoms with Gasteiger partial charge in [-0.25, -0.2) is 4.79 Å². The molecule has 0 aliphatic carbocycles. The zero-order chi connectivity index (χ0) is 16.1. The lowest BCUT2D eigenvalue weighted by atomic mass is 10.0. The molecule has 0 aliphatic rings. The Labute approximate surface area is 128 Å². The van der Waals surface area contributed by atoms with Crippen LogP contribution in [0.5, 0.6) is 0 Å². The average Bonchev–Trinajstić information content (AvgIpc) is 2.90. The van der Waals surface area contributed by atoms with Crippen molar-refractivity contribution in [2.75, 3.05) is 6.61 Å². The summed E-state index contributed by atoms with van der Waals surface area (Å²) in [5, 5.41) is 12.8. The largest absolute Gasteiger partial charge is 0.480 e. The number of para-hydroxylation sites is 1. The minimum Gasteiger partial charge on any atom is -0.480 e. The molecule has 6 nitrogen and oxygen atoms in total. The van der Waals surface area contributed by atoms with Gasteiger partial charge in [-0.05, 0) is 25.5 Å². The molecule has 0 saturated carbocycles. The number of aliphatic carboxylic acids is 1. The second-order valence-electron chi connectivity index (χ2n) is 5.06. The van der Waals surface area contributed by atoms with E-state index < -0.39 is 24.0 Å². The van der Waals surface area contributed by atoms with Gasteiger partial charge in [-0.3, -0.25) is 4.79 Å². The summed E-state index contributed by atoms with van der Waals surface area (Å²) in [6, 6.07) is 6.65. The Hall–Kier alpha value is -2.34. The Bertz CT molecular complexity index is 665. The summed E-state index contributed by atoms with van der Waals surface area (Å²) in [5.74, 6) is -1.49. The first-order valence-corrected chi connectivity index (χ1v) is 7.22. The highest BCUT2D eigenvalue weighted by Crippen LogP contribution is 2.19. The Morgan fingerprint density at radius 1 is 1.36 bits per heavy atom. The van der Waals surface area contributed by atoms with Crippen molar-refractivity contribution in [2.24, 2.45) is 0 Å². The third-order valence-electron chi connectivity index (χ3n) is 3.50. The molecule has 1 amide bonds. The van der Waals surface area contributed by atoms with Gasteiger partial charge in [0.25, 0.3) is 0 Å². The SMILES string of the molecule is CCOC(C)C(=O)NC(Cc1c[nH]c2ccccc12)C(=O)O. The van der Waals surface area contributed by atoms with Crippen molar-refractivity contribution in [1.29, 1.82) is 0 Å². The maximum atomic E-state index is 11.9. The number of ether oxygens (including phenoxy) is 1. The van der Waals surface area contributed by atoms with Gasteiger partial charge in [-0.1, -0.05) is 18.2 Å². The zero-order valence-corrected chi connectivity index (χ0v) is 12.6. The molecule has 118 valence electrons. The van der Waals surface area contributed by atoms with E-state index in [-0.39, 0.29) is 6.42 Å². The smallest absolute Gasteiger partial charge is 0.326 e. The first-order chi connectivity index (χ1) is 10.5. The van der Waals surface area contributed by atoms with E-state index in [4.69, 9.17) is 4.74 Å². The van der Waals surface area contributed by atoms with Gasteiger partial charge in [-0.2, -0.15) is 0 Å². The minimum absolute atomic E-state index is 0.212. The van der Waals surface area contributed by atoms with E-state index in [9.17, 15) is 14.7 Å². The summed E-state index contributed by atoms with van der Waals surface area (Å²) in [4.78, 5) is 26.4. The molecular weight excluding hydrogens is 284 g/mol. The summed E-state index contributed by atoms with van der Waals surface area (Å²) in [6.45, 7) is 3.78. The lowest BCUT2D eigenvalue weighted by Crippen LogP contribution is -2.46. The second-order valence-corrected chi connectivity index (χ2v) is 5.06. The number of carboxylic acids is 1. The van der Waals surface area contributed by atoms with E-state index in [2.05, 4.69) is 10.3 Å². The van der Waals surface area contributed by atoms with Gasteiger partial charge in [0.15, 0.2) is 0 Å². The number of aromatic nitrogens is 1. The van der Waals surface area contributed by atoms with Crippen molar-refractivity contribution < 1.29 is 19.4 Å². The number of hydrogen-bond acceptors (Lipinski definition) is 3. The number of rotatable bonds is 7. The van der Waals surface area contributed by atoms with E-state index in [0.29, 0.717) is 6.61 Å². The first kappa shape index (κ1) is 16.0. The molecule has 0 saturated heterocycles. The van der Waals surface area contributed by atoms with Gasteiger partial charge < -0.3 is 20.1 Å². The maximum absolute atomic E-state index is 11.9. The predicted molar refractivity (Wildman–Crippen MR) is 82.7 cm³/mol. The summed E-state index contributed by atoms with van der Waals surface area (Å²) in [6.07, 6.45) is 1.32. The number of nitrogens with one attached hydrogen (secondary N) is 2. The molecule has 2 aromatic rings. The minimum atomic E-state index is -1.07. The van der Waals surface area contributed by atoms with Crippen LogP contribution in [-0.2, 0) is 20.7 Å². The highest BCUT2D eigenvalue weighted by Gasteiger charge is 2.24. The summed E-state index contributed by atoms with van der Waals surface area (Å²) < 4.78 is 5.18. The van der Waals surface area contributed by atoms with Crippen LogP contribution < -0.4 is 5.32 Å². The standard InChI is InChI=1S/C16H20N2O4/c1-3-22-10(2)15(19)18-14(16(20)21)8-11-9-17-13-7-5-4-6-12(11)13/h4-7,9-10,14,17H,3,8H2,1-2H3,(H,18,19)(H,20,21). The van der Waals surface area contributed by atoms with Crippen molar-refractivity contribution in [1.82, 2.24) is 10.3 Å². The third kappa shape index (κ3) is 3.65. The number of hydrogen-bond donors (Lipinski definition) is 3. The lowest BCUT2D eigenvalue weighted by molar-refractivity contribution is -0.143. The van der Waals surface area contributed by atoms with Crippen LogP contribution in [0.3, 0.4) is 0 Å². The van der Waals surface area contributed by atoms with Crippen LogP contribution in [0, 0.1) is 0 Å². The third-order valence-corrected chi connectivity index (χ3v) is 3.50. The highest BCUT2D eigenvalue weighted by molar-refractivity contribution is 5.88. The number of fused-ring (bicyclic) bond motifs is 1. The van der Waals surface area contributed by atoms with Crippen LogP contribution in [-0.4, -0.2) is 40.7 Å². The Kier molecular flexibility index (Phi) is 5.16. The van der Waals surface area contributed by atoms with Gasteiger partial charge in [-0.15, -0.1) is 0 Å². The van der Waals surface area contributed by atoms with Crippen molar-refractivity contribution in [3.63, 3.8) is 0 Å². The van der Waals surface area contributed by atoms with E-state index in [1.165, 1.54) is 0 Å². The van der Waals surface area contributed by atoms with E-state index in [0.717, 1.165) is 16.5 Å². The maximum Gasteiger partial charge on any atom is 0.326 e. The molecular formula is C16H20N2O4. The Morgan fingerprint density at radius 3 is 2.77 bits per heavy atom. The molecule has 6 heteroatoms. The van der Waals surface area contributed by atoms with Gasteiger partial charge >= 0.3 is 5.97 Å². The molecule has 1 aromatic heterocycles. The molecule has 1 heterocycles. The molecule has 0 spiro atoms. The Balaban J connectivity index is 2.12. The van der Waals surface area contributed by atoms with Crippen molar-refractivity contribution >= 4 is 22.8 Å². The second kappa shape index (κ2) is 7.09. The number of benzene rings is 1. The number of carbonyl (C=O) groups excluding carboxylic acids is 1. The van der Waals surface area contributed by atoms with Crippen LogP contribution in [0.4, 0.5) is 0 Å². The lowest BCUT2D eigenvalue weighted by Gasteiger charge is -2.17. The highest BCUT2D eigenvalue weighted by atomic mass is 16.5. The molecule has 0 radical (unpaired) electrons. The van der Waals surface area contributed by atoms with Gasteiger partial charge in [0.05, 0.1) is 0 Å². The van der Waals surface area contributed by atoms with E-state index in [1.807, 2.05) is 24.3 Å². The molecule has 0 fully saturated rings. The molecule has 2 unspecified atom stereocenters. The topological polar surface area (TPSA) is 91.4 Å². The number of amides is 1. The van der Waals surface area contributed by atoms with Crippen LogP contribution in [0.2, 0.25) is 0 Å². The van der Waals surface area contributed by atoms with Gasteiger partial charge in [0, 0.05) is 30.1 Å². The summed E-state index contributed by atoms with van der Waals surface area (Å²) in [5.41, 5.74) is 1.79. The quantitative estimate of drug-likeness (QED) is 0.726. The van der Waals surface area contributed by atoms with Crippen LogP contribution in [0.15, 0.2) is 30.5 Å². The normalized spacial score (nSPS) is 13.7. The molecule has 0 bridgehead atoms. The van der Waals surface area contributed by atoms with E-state index >= 15 is 0 Å². The van der Waals surface area contributed by atoms with Crippen LogP contribution >= 0.6 is 0 Å².